The zero-order valence-electron chi connectivity index (χ0n) is 25.3. The zero-order valence-corrected chi connectivity index (χ0v) is 26.1. The summed E-state index contributed by atoms with van der Waals surface area (Å²) in [7, 11) is 5.24. The number of esters is 1. The van der Waals surface area contributed by atoms with Crippen LogP contribution in [0.5, 0.6) is 11.5 Å². The largest absolute Gasteiger partial charge is 0.490 e. The Morgan fingerprint density at radius 2 is 1.80 bits per heavy atom. The number of rotatable bonds is 9. The number of ether oxygens (including phenoxy) is 3. The van der Waals surface area contributed by atoms with Crippen molar-refractivity contribution in [2.45, 2.75) is 12.8 Å². The molecule has 5 aromatic rings. The van der Waals surface area contributed by atoms with Crippen molar-refractivity contribution in [2.24, 2.45) is 0 Å². The molecule has 0 radical (unpaired) electrons. The summed E-state index contributed by atoms with van der Waals surface area (Å²) in [6.45, 7) is 1.05. The molecule has 0 saturated heterocycles. The van der Waals surface area contributed by atoms with Crippen LogP contribution >= 0.6 is 11.3 Å². The third-order valence-corrected chi connectivity index (χ3v) is 8.39. The Morgan fingerprint density at radius 1 is 0.956 bits per heavy atom. The van der Waals surface area contributed by atoms with E-state index >= 15 is 0 Å². The van der Waals surface area contributed by atoms with Crippen LogP contribution in [0.2, 0.25) is 0 Å². The molecule has 1 aliphatic heterocycles. The Hall–Kier alpha value is -5.16. The lowest BCUT2D eigenvalue weighted by molar-refractivity contribution is 0.0588. The molecule has 0 spiro atoms. The van der Waals surface area contributed by atoms with Gasteiger partial charge < -0.3 is 19.1 Å². The van der Waals surface area contributed by atoms with E-state index in [4.69, 9.17) is 14.2 Å². The summed E-state index contributed by atoms with van der Waals surface area (Å²) >= 11 is 1.44. The van der Waals surface area contributed by atoms with Crippen LogP contribution in [-0.2, 0) is 11.2 Å². The minimum Gasteiger partial charge on any atom is -0.490 e. The number of aryl methyl sites for hydroxylation is 1. The van der Waals surface area contributed by atoms with Gasteiger partial charge in [0.1, 0.15) is 19.0 Å². The van der Waals surface area contributed by atoms with E-state index in [1.807, 2.05) is 85.7 Å². The number of benzene rings is 3. The molecule has 10 nitrogen and oxygen atoms in total. The SMILES string of the molecule is COC(=O)c1nc(-c2ccc3c(c2)N(C(=O)Nc2nc4ccccc4s2)CCC3)ccc1OCCOc1cccc(N(C)C)c1. The molecule has 0 bridgehead atoms. The number of anilines is 3. The van der Waals surface area contributed by atoms with Crippen LogP contribution < -0.4 is 24.6 Å². The van der Waals surface area contributed by atoms with Crippen LogP contribution in [-0.4, -0.2) is 62.9 Å². The van der Waals surface area contributed by atoms with Crippen molar-refractivity contribution in [2.75, 3.05) is 56.1 Å². The van der Waals surface area contributed by atoms with Crippen LogP contribution in [0.15, 0.2) is 78.9 Å². The Morgan fingerprint density at radius 3 is 2.62 bits per heavy atom. The fourth-order valence-electron chi connectivity index (χ4n) is 5.16. The molecule has 230 valence electrons. The molecular weight excluding hydrogens is 590 g/mol. The molecule has 1 aliphatic rings. The van der Waals surface area contributed by atoms with Gasteiger partial charge in [-0.1, -0.05) is 41.7 Å². The predicted octanol–water partition coefficient (Wildman–Crippen LogP) is 6.65. The van der Waals surface area contributed by atoms with E-state index in [1.165, 1.54) is 18.4 Å². The van der Waals surface area contributed by atoms with Crippen molar-refractivity contribution >= 4 is 50.1 Å². The Kier molecular flexibility index (Phi) is 8.79. The fraction of sp³-hybridized carbons (Fsp3) is 0.235. The molecule has 2 amide bonds. The number of aromatic nitrogens is 2. The third kappa shape index (κ3) is 6.68. The summed E-state index contributed by atoms with van der Waals surface area (Å²) in [6, 6.07) is 24.7. The van der Waals surface area contributed by atoms with Gasteiger partial charge in [0.05, 0.1) is 23.0 Å². The molecule has 0 atom stereocenters. The number of thiazole rings is 1. The van der Waals surface area contributed by atoms with Crippen molar-refractivity contribution in [3.8, 4) is 22.8 Å². The molecule has 0 fully saturated rings. The number of urea groups is 1. The van der Waals surface area contributed by atoms with Gasteiger partial charge in [0, 0.05) is 43.6 Å². The number of nitrogens with zero attached hydrogens (tertiary/aromatic N) is 4. The minimum atomic E-state index is -0.610. The van der Waals surface area contributed by atoms with Crippen molar-refractivity contribution in [1.29, 1.82) is 0 Å². The summed E-state index contributed by atoms with van der Waals surface area (Å²) in [4.78, 5) is 39.0. The van der Waals surface area contributed by atoms with Gasteiger partial charge in [-0.15, -0.1) is 0 Å². The summed E-state index contributed by atoms with van der Waals surface area (Å²) in [6.07, 6.45) is 1.71. The van der Waals surface area contributed by atoms with Crippen LogP contribution in [0.1, 0.15) is 22.5 Å². The Labute approximate surface area is 265 Å². The van der Waals surface area contributed by atoms with E-state index in [-0.39, 0.29) is 24.9 Å². The summed E-state index contributed by atoms with van der Waals surface area (Å²) < 4.78 is 17.8. The van der Waals surface area contributed by atoms with Gasteiger partial charge in [-0.05, 0) is 60.9 Å². The van der Waals surface area contributed by atoms with E-state index in [9.17, 15) is 9.59 Å². The number of pyridine rings is 1. The van der Waals surface area contributed by atoms with Crippen LogP contribution in [0, 0.1) is 0 Å². The molecule has 3 aromatic carbocycles. The molecule has 6 rings (SSSR count). The van der Waals surface area contributed by atoms with Crippen molar-refractivity contribution < 1.29 is 23.8 Å². The predicted molar refractivity (Wildman–Crippen MR) is 177 cm³/mol. The first kappa shape index (κ1) is 29.9. The Bertz CT molecular complexity index is 1820. The van der Waals surface area contributed by atoms with E-state index in [1.54, 1.807) is 17.0 Å². The fourth-order valence-corrected chi connectivity index (χ4v) is 6.01. The summed E-state index contributed by atoms with van der Waals surface area (Å²) in [5, 5.41) is 3.52. The van der Waals surface area contributed by atoms with E-state index in [0.29, 0.717) is 23.1 Å². The zero-order chi connectivity index (χ0) is 31.3. The summed E-state index contributed by atoms with van der Waals surface area (Å²) in [5.74, 6) is 0.411. The molecule has 0 saturated carbocycles. The topological polar surface area (TPSA) is 106 Å². The molecule has 0 aliphatic carbocycles. The second-order valence-corrected chi connectivity index (χ2v) is 11.7. The lowest BCUT2D eigenvalue weighted by Crippen LogP contribution is -2.38. The van der Waals surface area contributed by atoms with E-state index < -0.39 is 5.97 Å². The lowest BCUT2D eigenvalue weighted by atomic mass is 9.98. The quantitative estimate of drug-likeness (QED) is 0.144. The maximum absolute atomic E-state index is 13.4. The van der Waals surface area contributed by atoms with Crippen molar-refractivity contribution in [3.05, 3.63) is 90.1 Å². The first-order valence-corrected chi connectivity index (χ1v) is 15.4. The van der Waals surface area contributed by atoms with Gasteiger partial charge in [0.25, 0.3) is 0 Å². The molecule has 2 aromatic heterocycles. The van der Waals surface area contributed by atoms with Gasteiger partial charge in [-0.3, -0.25) is 10.2 Å². The number of carbonyl (C=O) groups excluding carboxylic acids is 2. The van der Waals surface area contributed by atoms with Crippen LogP contribution in [0.25, 0.3) is 21.5 Å². The normalized spacial score (nSPS) is 12.4. The number of amides is 2. The van der Waals surface area contributed by atoms with Crippen molar-refractivity contribution in [1.82, 2.24) is 9.97 Å². The van der Waals surface area contributed by atoms with Crippen LogP contribution in [0.4, 0.5) is 21.3 Å². The second kappa shape index (κ2) is 13.2. The monoisotopic (exact) mass is 623 g/mol. The first-order valence-electron chi connectivity index (χ1n) is 14.6. The van der Waals surface area contributed by atoms with Crippen LogP contribution in [0.3, 0.4) is 0 Å². The highest BCUT2D eigenvalue weighted by molar-refractivity contribution is 7.22. The highest BCUT2D eigenvalue weighted by Gasteiger charge is 2.25. The van der Waals surface area contributed by atoms with Gasteiger partial charge in [-0.2, -0.15) is 0 Å². The number of hydrogen-bond acceptors (Lipinski definition) is 9. The Balaban J connectivity index is 1.18. The number of fused-ring (bicyclic) bond motifs is 2. The molecular formula is C34H33N5O5S. The average molecular weight is 624 g/mol. The number of carbonyl (C=O) groups is 2. The standard InChI is InChI=1S/C34H33N5O5S/c1-38(2)24-9-6-10-25(21-24)43-18-19-44-29-16-15-26(35-31(29)32(40)42-3)23-14-13-22-8-7-17-39(28(22)20-23)34(41)37-33-36-27-11-4-5-12-30(27)45-33/h4-6,9-16,20-21H,7-8,17-19H2,1-3H3,(H,36,37,41). The summed E-state index contributed by atoms with van der Waals surface area (Å²) in [5.41, 5.74) is 5.12. The average Bonchev–Trinajstić information content (AvgIpc) is 3.48. The number of para-hydroxylation sites is 1. The second-order valence-electron chi connectivity index (χ2n) is 10.6. The lowest BCUT2D eigenvalue weighted by Gasteiger charge is -2.29. The molecule has 1 N–H and O–H groups in total. The highest BCUT2D eigenvalue weighted by Crippen LogP contribution is 2.34. The highest BCUT2D eigenvalue weighted by atomic mass is 32.1. The first-order chi connectivity index (χ1) is 21.9. The van der Waals surface area contributed by atoms with Gasteiger partial charge in [-0.25, -0.2) is 19.6 Å². The number of hydrogen-bond donors (Lipinski definition) is 1. The third-order valence-electron chi connectivity index (χ3n) is 7.43. The number of methoxy groups -OCH3 is 1. The van der Waals surface area contributed by atoms with Gasteiger partial charge in [0.2, 0.25) is 0 Å². The number of nitrogens with one attached hydrogen (secondary N) is 1. The smallest absolute Gasteiger partial charge is 0.360 e. The molecule has 3 heterocycles. The molecule has 0 unspecified atom stereocenters. The van der Waals surface area contributed by atoms with Gasteiger partial charge in [0.15, 0.2) is 16.6 Å². The maximum Gasteiger partial charge on any atom is 0.360 e. The molecule has 11 heteroatoms. The van der Waals surface area contributed by atoms with E-state index in [2.05, 4.69) is 15.3 Å². The van der Waals surface area contributed by atoms with Crippen molar-refractivity contribution in [3.63, 3.8) is 0 Å². The van der Waals surface area contributed by atoms with Gasteiger partial charge >= 0.3 is 12.0 Å². The molecule has 45 heavy (non-hydrogen) atoms. The minimum absolute atomic E-state index is 0.0627. The maximum atomic E-state index is 13.4. The van der Waals surface area contributed by atoms with E-state index in [0.717, 1.165) is 51.3 Å².